The van der Waals surface area contributed by atoms with Gasteiger partial charge < -0.3 is 15.6 Å². The number of hydrogen-bond donors (Lipinski definition) is 2. The highest BCUT2D eigenvalue weighted by Crippen LogP contribution is 2.20. The average Bonchev–Trinajstić information content (AvgIpc) is 2.52. The molecule has 1 aromatic rings. The Kier molecular flexibility index (Phi) is 8.42. The molecule has 0 heterocycles. The van der Waals surface area contributed by atoms with Crippen LogP contribution >= 0.6 is 0 Å². The Morgan fingerprint density at radius 3 is 2.75 bits per heavy atom. The molecular weight excluding hydrogens is 306 g/mol. The minimum absolute atomic E-state index is 0.139. The molecule has 5 heteroatoms. The van der Waals surface area contributed by atoms with Crippen LogP contribution in [0.3, 0.4) is 0 Å². The van der Waals surface area contributed by atoms with E-state index in [-0.39, 0.29) is 18.2 Å². The van der Waals surface area contributed by atoms with Gasteiger partial charge in [0.2, 0.25) is 5.91 Å². The van der Waals surface area contributed by atoms with E-state index >= 15 is 0 Å². The fraction of sp³-hybridized carbons (Fsp3) is 0.474. The molecule has 0 saturated heterocycles. The highest BCUT2D eigenvalue weighted by molar-refractivity contribution is 5.73. The van der Waals surface area contributed by atoms with Gasteiger partial charge in [0.05, 0.1) is 6.61 Å². The highest BCUT2D eigenvalue weighted by atomic mass is 16.5. The van der Waals surface area contributed by atoms with E-state index in [9.17, 15) is 9.59 Å². The fourth-order valence-corrected chi connectivity index (χ4v) is 2.03. The molecule has 0 aliphatic rings. The molecule has 130 valence electrons. The molecule has 1 aromatic carbocycles. The number of carbonyl (C=O) groups is 2. The predicted molar refractivity (Wildman–Crippen MR) is 92.6 cm³/mol. The first-order valence-corrected chi connectivity index (χ1v) is 8.11. The number of carbonyl (C=O) groups excluding carboxylic acids is 1. The summed E-state index contributed by atoms with van der Waals surface area (Å²) in [5, 5.41) is 8.58. The van der Waals surface area contributed by atoms with Gasteiger partial charge in [0.15, 0.2) is 0 Å². The summed E-state index contributed by atoms with van der Waals surface area (Å²) >= 11 is 0. The van der Waals surface area contributed by atoms with Crippen LogP contribution in [0, 0.1) is 24.7 Å². The second kappa shape index (κ2) is 10.3. The van der Waals surface area contributed by atoms with E-state index in [1.54, 1.807) is 0 Å². The number of amides is 1. The van der Waals surface area contributed by atoms with Gasteiger partial charge in [0.25, 0.3) is 0 Å². The maximum Gasteiger partial charge on any atom is 0.303 e. The first-order valence-electron chi connectivity index (χ1n) is 8.11. The summed E-state index contributed by atoms with van der Waals surface area (Å²) in [6.07, 6.45) is 2.32. The molecule has 5 nitrogen and oxygen atoms in total. The van der Waals surface area contributed by atoms with Crippen molar-refractivity contribution >= 4 is 11.9 Å². The molecule has 1 amide bonds. The normalized spacial score (nSPS) is 11.2. The van der Waals surface area contributed by atoms with Gasteiger partial charge in [0.1, 0.15) is 5.75 Å². The molecule has 0 spiro atoms. The summed E-state index contributed by atoms with van der Waals surface area (Å²) in [6.45, 7) is 4.50. The average molecular weight is 331 g/mol. The maximum absolute atomic E-state index is 10.8. The molecule has 0 aromatic heterocycles. The number of ether oxygens (including phenoxy) is 1. The van der Waals surface area contributed by atoms with Gasteiger partial charge in [-0.1, -0.05) is 24.8 Å². The predicted octanol–water partition coefficient (Wildman–Crippen LogP) is 2.88. The fourth-order valence-electron chi connectivity index (χ4n) is 2.03. The smallest absolute Gasteiger partial charge is 0.303 e. The number of primary amides is 1. The quantitative estimate of drug-likeness (QED) is 0.538. The molecule has 1 atom stereocenters. The van der Waals surface area contributed by atoms with Crippen molar-refractivity contribution < 1.29 is 19.4 Å². The number of carboxylic acids is 1. The van der Waals surface area contributed by atoms with Gasteiger partial charge in [-0.3, -0.25) is 9.59 Å². The monoisotopic (exact) mass is 331 g/mol. The lowest BCUT2D eigenvalue weighted by Gasteiger charge is -2.14. The number of benzene rings is 1. The number of aryl methyl sites for hydroxylation is 1. The summed E-state index contributed by atoms with van der Waals surface area (Å²) in [5.74, 6) is 5.93. The first-order chi connectivity index (χ1) is 11.4. The number of unbranched alkanes of at least 4 members (excludes halogenated alkanes) is 1. The van der Waals surface area contributed by atoms with Crippen LogP contribution in [0.4, 0.5) is 0 Å². The number of nitrogens with two attached hydrogens (primary N) is 1. The zero-order valence-corrected chi connectivity index (χ0v) is 14.3. The number of aliphatic carboxylic acids is 1. The minimum atomic E-state index is -0.798. The SMILES string of the molecule is Cc1ccc(C#CCCCC(=O)O)cc1OC[C@@H](C)CCC(N)=O. The van der Waals surface area contributed by atoms with Crippen molar-refractivity contribution in [3.05, 3.63) is 29.3 Å². The highest BCUT2D eigenvalue weighted by Gasteiger charge is 2.07. The molecule has 0 saturated carbocycles. The van der Waals surface area contributed by atoms with Gasteiger partial charge >= 0.3 is 5.97 Å². The van der Waals surface area contributed by atoms with Gasteiger partial charge in [-0.15, -0.1) is 0 Å². The minimum Gasteiger partial charge on any atom is -0.493 e. The molecule has 0 aliphatic carbocycles. The van der Waals surface area contributed by atoms with E-state index in [1.807, 2.05) is 32.0 Å². The van der Waals surface area contributed by atoms with Crippen LogP contribution in [-0.4, -0.2) is 23.6 Å². The number of hydrogen-bond acceptors (Lipinski definition) is 3. The maximum atomic E-state index is 10.8. The van der Waals surface area contributed by atoms with E-state index in [0.717, 1.165) is 16.9 Å². The second-order valence-electron chi connectivity index (χ2n) is 5.95. The van der Waals surface area contributed by atoms with Gasteiger partial charge in [-0.25, -0.2) is 0 Å². The third kappa shape index (κ3) is 8.23. The van der Waals surface area contributed by atoms with E-state index in [0.29, 0.717) is 32.3 Å². The summed E-state index contributed by atoms with van der Waals surface area (Å²) in [5.41, 5.74) is 7.01. The topological polar surface area (TPSA) is 89.6 Å². The number of rotatable bonds is 9. The molecule has 0 bridgehead atoms. The third-order valence-electron chi connectivity index (χ3n) is 3.52. The van der Waals surface area contributed by atoms with Gasteiger partial charge in [-0.05, 0) is 43.4 Å². The van der Waals surface area contributed by atoms with Crippen molar-refractivity contribution in [2.75, 3.05) is 6.61 Å². The van der Waals surface area contributed by atoms with Crippen LogP contribution in [0.2, 0.25) is 0 Å². The van der Waals surface area contributed by atoms with Gasteiger partial charge in [0, 0.05) is 24.8 Å². The van der Waals surface area contributed by atoms with Crippen molar-refractivity contribution in [2.45, 2.75) is 46.0 Å². The van der Waals surface area contributed by atoms with Crippen LogP contribution < -0.4 is 10.5 Å². The Hall–Kier alpha value is -2.48. The van der Waals surface area contributed by atoms with Crippen LogP contribution in [0.1, 0.15) is 50.2 Å². The van der Waals surface area contributed by atoms with Gasteiger partial charge in [-0.2, -0.15) is 0 Å². The van der Waals surface area contributed by atoms with E-state index in [1.165, 1.54) is 0 Å². The first kappa shape index (κ1) is 19.6. The summed E-state index contributed by atoms with van der Waals surface area (Å²) in [4.78, 5) is 21.2. The zero-order valence-electron chi connectivity index (χ0n) is 14.3. The molecule has 0 radical (unpaired) electrons. The molecule has 0 aliphatic heterocycles. The van der Waals surface area contributed by atoms with Crippen molar-refractivity contribution in [1.29, 1.82) is 0 Å². The molecule has 3 N–H and O–H groups in total. The lowest BCUT2D eigenvalue weighted by molar-refractivity contribution is -0.137. The molecule has 1 rings (SSSR count). The molecule has 24 heavy (non-hydrogen) atoms. The van der Waals surface area contributed by atoms with E-state index in [4.69, 9.17) is 15.6 Å². The van der Waals surface area contributed by atoms with Crippen LogP contribution in [0.15, 0.2) is 18.2 Å². The zero-order chi connectivity index (χ0) is 17.9. The molecule has 0 fully saturated rings. The van der Waals surface area contributed by atoms with E-state index < -0.39 is 5.97 Å². The van der Waals surface area contributed by atoms with Crippen molar-refractivity contribution in [2.24, 2.45) is 11.7 Å². The van der Waals surface area contributed by atoms with Crippen molar-refractivity contribution in [3.8, 4) is 17.6 Å². The Labute approximate surface area is 143 Å². The van der Waals surface area contributed by atoms with Crippen LogP contribution in [-0.2, 0) is 9.59 Å². The van der Waals surface area contributed by atoms with E-state index in [2.05, 4.69) is 11.8 Å². The second-order valence-corrected chi connectivity index (χ2v) is 5.95. The summed E-state index contributed by atoms with van der Waals surface area (Å²) < 4.78 is 5.83. The summed E-state index contributed by atoms with van der Waals surface area (Å²) in [7, 11) is 0. The largest absolute Gasteiger partial charge is 0.493 e. The Morgan fingerprint density at radius 2 is 2.08 bits per heavy atom. The molecule has 0 unspecified atom stereocenters. The Morgan fingerprint density at radius 1 is 1.33 bits per heavy atom. The standard InChI is InChI=1S/C19H25NO4/c1-14(8-11-18(20)21)13-24-17-12-16(10-9-15(17)2)6-4-3-5-7-19(22)23/h9-10,12,14H,3,5,7-8,11,13H2,1-2H3,(H2,20,21)(H,22,23)/t14-/m0/s1. The van der Waals surface area contributed by atoms with Crippen molar-refractivity contribution in [3.63, 3.8) is 0 Å². The lowest BCUT2D eigenvalue weighted by Crippen LogP contribution is -2.15. The summed E-state index contributed by atoms with van der Waals surface area (Å²) in [6, 6.07) is 5.76. The number of carboxylic acid groups (broad SMARTS) is 1. The Bertz CT molecular complexity index is 628. The van der Waals surface area contributed by atoms with Crippen LogP contribution in [0.25, 0.3) is 0 Å². The molecular formula is C19H25NO4. The third-order valence-corrected chi connectivity index (χ3v) is 3.52. The van der Waals surface area contributed by atoms with Crippen LogP contribution in [0.5, 0.6) is 5.75 Å². The Balaban J connectivity index is 2.55. The lowest BCUT2D eigenvalue weighted by atomic mass is 10.1. The van der Waals surface area contributed by atoms with Crippen molar-refractivity contribution in [1.82, 2.24) is 0 Å².